The zero-order chi connectivity index (χ0) is 17.5. The fraction of sp³-hybridized carbons (Fsp3) is 0.389. The molecule has 0 aliphatic carbocycles. The second-order valence-electron chi connectivity index (χ2n) is 5.29. The van der Waals surface area contributed by atoms with Crippen molar-refractivity contribution in [2.75, 3.05) is 29.9 Å². The van der Waals surface area contributed by atoms with Crippen molar-refractivity contribution in [3.8, 4) is 0 Å². The second kappa shape index (κ2) is 8.29. The van der Waals surface area contributed by atoms with Crippen LogP contribution in [0, 0.1) is 6.92 Å². The number of aromatic nitrogens is 2. The zero-order valence-electron chi connectivity index (χ0n) is 14.7. The number of rotatable bonds is 7. The Bertz CT molecular complexity index is 682. The van der Waals surface area contributed by atoms with E-state index in [9.17, 15) is 4.79 Å². The van der Waals surface area contributed by atoms with Crippen molar-refractivity contribution in [1.29, 1.82) is 0 Å². The van der Waals surface area contributed by atoms with Crippen molar-refractivity contribution < 1.29 is 9.53 Å². The number of carbonyl (C=O) groups is 1. The Hall–Kier alpha value is -2.63. The molecular weight excluding hydrogens is 304 g/mol. The first-order valence-electron chi connectivity index (χ1n) is 8.22. The predicted molar refractivity (Wildman–Crippen MR) is 96.0 cm³/mol. The first kappa shape index (κ1) is 17.7. The van der Waals surface area contributed by atoms with E-state index in [4.69, 9.17) is 4.74 Å². The van der Waals surface area contributed by atoms with E-state index in [0.29, 0.717) is 18.1 Å². The molecule has 1 aromatic heterocycles. The van der Waals surface area contributed by atoms with Crippen LogP contribution in [-0.4, -0.2) is 35.6 Å². The molecule has 0 atom stereocenters. The van der Waals surface area contributed by atoms with Gasteiger partial charge in [-0.25, -0.2) is 9.78 Å². The lowest BCUT2D eigenvalue weighted by Crippen LogP contribution is -2.24. The minimum Gasteiger partial charge on any atom is -0.462 e. The van der Waals surface area contributed by atoms with Crippen molar-refractivity contribution in [1.82, 2.24) is 9.97 Å². The van der Waals surface area contributed by atoms with Gasteiger partial charge < -0.3 is 15.0 Å². The Labute approximate surface area is 142 Å². The molecule has 0 saturated heterocycles. The molecule has 1 N–H and O–H groups in total. The summed E-state index contributed by atoms with van der Waals surface area (Å²) in [5, 5.41) is 3.26. The highest BCUT2D eigenvalue weighted by molar-refractivity contribution is 5.89. The fourth-order valence-corrected chi connectivity index (χ4v) is 2.32. The molecule has 1 heterocycles. The maximum atomic E-state index is 11.7. The summed E-state index contributed by atoms with van der Waals surface area (Å²) < 4.78 is 4.98. The molecule has 0 aliphatic rings. The molecular formula is C18H24N4O2. The Balaban J connectivity index is 2.17. The summed E-state index contributed by atoms with van der Waals surface area (Å²) in [5.41, 5.74) is 2.29. The van der Waals surface area contributed by atoms with Crippen LogP contribution >= 0.6 is 0 Å². The lowest BCUT2D eigenvalue weighted by atomic mass is 10.2. The Morgan fingerprint density at radius 3 is 2.38 bits per heavy atom. The van der Waals surface area contributed by atoms with Gasteiger partial charge in [-0.1, -0.05) is 0 Å². The van der Waals surface area contributed by atoms with Gasteiger partial charge >= 0.3 is 5.97 Å². The SMILES string of the molecule is CCOC(=O)c1ccc(Nc2cc(C)nc(N(CC)CC)n2)cc1. The van der Waals surface area contributed by atoms with Crippen molar-refractivity contribution in [3.05, 3.63) is 41.6 Å². The smallest absolute Gasteiger partial charge is 0.338 e. The molecule has 6 heteroatoms. The quantitative estimate of drug-likeness (QED) is 0.784. The molecule has 128 valence electrons. The second-order valence-corrected chi connectivity index (χ2v) is 5.29. The van der Waals surface area contributed by atoms with Gasteiger partial charge in [-0.3, -0.25) is 0 Å². The largest absolute Gasteiger partial charge is 0.462 e. The van der Waals surface area contributed by atoms with Crippen molar-refractivity contribution in [2.45, 2.75) is 27.7 Å². The van der Waals surface area contributed by atoms with Gasteiger partial charge in [-0.15, -0.1) is 0 Å². The summed E-state index contributed by atoms with van der Waals surface area (Å²) in [7, 11) is 0. The standard InChI is InChI=1S/C18H24N4O2/c1-5-22(6-2)18-19-13(4)12-16(21-18)20-15-10-8-14(9-11-15)17(23)24-7-3/h8-12H,5-7H2,1-4H3,(H,19,20,21). The van der Waals surface area contributed by atoms with Gasteiger partial charge in [0, 0.05) is 30.5 Å². The Kier molecular flexibility index (Phi) is 6.12. The van der Waals surface area contributed by atoms with E-state index >= 15 is 0 Å². The lowest BCUT2D eigenvalue weighted by molar-refractivity contribution is 0.0526. The molecule has 24 heavy (non-hydrogen) atoms. The van der Waals surface area contributed by atoms with Gasteiger partial charge in [0.05, 0.1) is 12.2 Å². The van der Waals surface area contributed by atoms with E-state index in [1.807, 2.05) is 25.1 Å². The number of carbonyl (C=O) groups excluding carboxylic acids is 1. The summed E-state index contributed by atoms with van der Waals surface area (Å²) in [5.74, 6) is 1.13. The van der Waals surface area contributed by atoms with Crippen LogP contribution in [0.1, 0.15) is 36.8 Å². The molecule has 0 radical (unpaired) electrons. The molecule has 0 unspecified atom stereocenters. The van der Waals surface area contributed by atoms with Crippen molar-refractivity contribution in [2.24, 2.45) is 0 Å². The monoisotopic (exact) mass is 328 g/mol. The number of esters is 1. The summed E-state index contributed by atoms with van der Waals surface area (Å²) in [4.78, 5) is 22.8. The summed E-state index contributed by atoms with van der Waals surface area (Å²) in [6, 6.07) is 9.03. The number of ether oxygens (including phenoxy) is 1. The topological polar surface area (TPSA) is 67.3 Å². The first-order chi connectivity index (χ1) is 11.6. The summed E-state index contributed by atoms with van der Waals surface area (Å²) in [6.45, 7) is 9.98. The highest BCUT2D eigenvalue weighted by atomic mass is 16.5. The zero-order valence-corrected chi connectivity index (χ0v) is 14.7. The van der Waals surface area contributed by atoms with Crippen LogP contribution in [0.4, 0.5) is 17.5 Å². The lowest BCUT2D eigenvalue weighted by Gasteiger charge is -2.19. The third-order valence-corrected chi connectivity index (χ3v) is 3.56. The molecule has 0 bridgehead atoms. The van der Waals surface area contributed by atoms with E-state index in [-0.39, 0.29) is 5.97 Å². The van der Waals surface area contributed by atoms with Crippen LogP contribution < -0.4 is 10.2 Å². The van der Waals surface area contributed by atoms with Gasteiger partial charge in [-0.05, 0) is 52.0 Å². The number of anilines is 3. The molecule has 0 amide bonds. The number of benzene rings is 1. The van der Waals surface area contributed by atoms with E-state index in [1.165, 1.54) is 0 Å². The van der Waals surface area contributed by atoms with Crippen LogP contribution in [-0.2, 0) is 4.74 Å². The fourth-order valence-electron chi connectivity index (χ4n) is 2.32. The Morgan fingerprint density at radius 2 is 1.79 bits per heavy atom. The van der Waals surface area contributed by atoms with Crippen LogP contribution in [0.25, 0.3) is 0 Å². The van der Waals surface area contributed by atoms with Crippen molar-refractivity contribution in [3.63, 3.8) is 0 Å². The number of nitrogens with one attached hydrogen (secondary N) is 1. The maximum Gasteiger partial charge on any atom is 0.338 e. The van der Waals surface area contributed by atoms with Gasteiger partial charge in [0.25, 0.3) is 0 Å². The van der Waals surface area contributed by atoms with Crippen LogP contribution in [0.3, 0.4) is 0 Å². The number of hydrogen-bond acceptors (Lipinski definition) is 6. The van der Waals surface area contributed by atoms with Crippen LogP contribution in [0.2, 0.25) is 0 Å². The average molecular weight is 328 g/mol. The molecule has 0 fully saturated rings. The van der Waals surface area contributed by atoms with E-state index < -0.39 is 0 Å². The molecule has 0 spiro atoms. The molecule has 6 nitrogen and oxygen atoms in total. The maximum absolute atomic E-state index is 11.7. The van der Waals surface area contributed by atoms with Gasteiger partial charge in [-0.2, -0.15) is 4.98 Å². The highest BCUT2D eigenvalue weighted by Gasteiger charge is 2.09. The highest BCUT2D eigenvalue weighted by Crippen LogP contribution is 2.19. The predicted octanol–water partition coefficient (Wildman–Crippen LogP) is 3.55. The van der Waals surface area contributed by atoms with E-state index in [2.05, 4.69) is 34.0 Å². The first-order valence-corrected chi connectivity index (χ1v) is 8.22. The molecule has 2 aromatic rings. The molecule has 1 aromatic carbocycles. The minimum absolute atomic E-state index is 0.314. The van der Waals surface area contributed by atoms with Crippen molar-refractivity contribution >= 4 is 23.4 Å². The summed E-state index contributed by atoms with van der Waals surface area (Å²) in [6.07, 6.45) is 0. The Morgan fingerprint density at radius 1 is 1.12 bits per heavy atom. The van der Waals surface area contributed by atoms with Gasteiger partial charge in [0.1, 0.15) is 5.82 Å². The van der Waals surface area contributed by atoms with E-state index in [1.54, 1.807) is 19.1 Å². The number of hydrogen-bond donors (Lipinski definition) is 1. The van der Waals surface area contributed by atoms with Gasteiger partial charge in [0.15, 0.2) is 0 Å². The third-order valence-electron chi connectivity index (χ3n) is 3.56. The van der Waals surface area contributed by atoms with E-state index in [0.717, 1.165) is 30.3 Å². The molecule has 0 aliphatic heterocycles. The third kappa shape index (κ3) is 4.44. The number of nitrogens with zero attached hydrogens (tertiary/aromatic N) is 3. The van der Waals surface area contributed by atoms with Crippen LogP contribution in [0.15, 0.2) is 30.3 Å². The average Bonchev–Trinajstić information content (AvgIpc) is 2.56. The number of aryl methyl sites for hydroxylation is 1. The normalized spacial score (nSPS) is 10.3. The summed E-state index contributed by atoms with van der Waals surface area (Å²) >= 11 is 0. The van der Waals surface area contributed by atoms with Crippen LogP contribution in [0.5, 0.6) is 0 Å². The molecule has 0 saturated carbocycles. The molecule has 2 rings (SSSR count). The minimum atomic E-state index is -0.314. The van der Waals surface area contributed by atoms with Gasteiger partial charge in [0.2, 0.25) is 5.95 Å².